The summed E-state index contributed by atoms with van der Waals surface area (Å²) in [5, 5.41) is 0. The topological polar surface area (TPSA) is 35.2 Å². The van der Waals surface area contributed by atoms with Crippen LogP contribution in [-0.2, 0) is 0 Å². The number of para-hydroxylation sites is 1. The smallest absolute Gasteiger partial charge is 0.130 e. The highest BCUT2D eigenvalue weighted by atomic mass is 19.1. The molecule has 98 valence electrons. The van der Waals surface area contributed by atoms with Gasteiger partial charge in [0.1, 0.15) is 17.7 Å². The Labute approximate surface area is 112 Å². The van der Waals surface area contributed by atoms with Crippen LogP contribution in [0, 0.1) is 12.7 Å². The highest BCUT2D eigenvalue weighted by molar-refractivity contribution is 5.39. The lowest BCUT2D eigenvalue weighted by molar-refractivity contribution is 0.157. The lowest BCUT2D eigenvalue weighted by Crippen LogP contribution is -2.24. The van der Waals surface area contributed by atoms with Gasteiger partial charge in [-0.05, 0) is 25.1 Å². The normalized spacial score (nSPS) is 21.6. The first-order chi connectivity index (χ1) is 9.15. The Bertz CT molecular complexity index is 611. The van der Waals surface area contributed by atoms with Crippen LogP contribution in [-0.4, -0.2) is 0 Å². The molecule has 19 heavy (non-hydrogen) atoms. The van der Waals surface area contributed by atoms with E-state index in [9.17, 15) is 4.39 Å². The molecule has 2 aromatic carbocycles. The third-order valence-electron chi connectivity index (χ3n) is 3.55. The second kappa shape index (κ2) is 4.67. The largest absolute Gasteiger partial charge is 0.485 e. The number of nitrogens with two attached hydrogens (primary N) is 1. The fourth-order valence-corrected chi connectivity index (χ4v) is 2.55. The van der Waals surface area contributed by atoms with Crippen LogP contribution in [0.5, 0.6) is 5.75 Å². The summed E-state index contributed by atoms with van der Waals surface area (Å²) in [5.41, 5.74) is 8.76. The minimum absolute atomic E-state index is 0.116. The SMILES string of the molecule is Cc1ccc(F)c(C2C[C@H](N)c3ccccc3O2)c1. The number of hydrogen-bond donors (Lipinski definition) is 1. The van der Waals surface area contributed by atoms with Crippen molar-refractivity contribution in [3.05, 3.63) is 65.0 Å². The number of halogens is 1. The van der Waals surface area contributed by atoms with Crippen LogP contribution in [0.15, 0.2) is 42.5 Å². The molecule has 0 bridgehead atoms. The monoisotopic (exact) mass is 257 g/mol. The summed E-state index contributed by atoms with van der Waals surface area (Å²) in [7, 11) is 0. The quantitative estimate of drug-likeness (QED) is 0.846. The van der Waals surface area contributed by atoms with Crippen molar-refractivity contribution >= 4 is 0 Å². The Kier molecular flexibility index (Phi) is 2.99. The van der Waals surface area contributed by atoms with E-state index in [1.165, 1.54) is 6.07 Å². The first-order valence-electron chi connectivity index (χ1n) is 6.42. The number of ether oxygens (including phenoxy) is 1. The molecule has 1 aliphatic rings. The van der Waals surface area contributed by atoms with E-state index in [1.807, 2.05) is 37.3 Å². The molecule has 0 saturated carbocycles. The van der Waals surface area contributed by atoms with Gasteiger partial charge in [0.2, 0.25) is 0 Å². The maximum atomic E-state index is 13.9. The van der Waals surface area contributed by atoms with Gasteiger partial charge in [0.05, 0.1) is 0 Å². The third-order valence-corrected chi connectivity index (χ3v) is 3.55. The molecule has 3 heteroatoms. The van der Waals surface area contributed by atoms with Gasteiger partial charge >= 0.3 is 0 Å². The zero-order valence-electron chi connectivity index (χ0n) is 10.8. The van der Waals surface area contributed by atoms with E-state index < -0.39 is 0 Å². The molecule has 0 aliphatic carbocycles. The number of aryl methyl sites for hydroxylation is 1. The van der Waals surface area contributed by atoms with Crippen molar-refractivity contribution in [3.8, 4) is 5.75 Å². The molecule has 0 fully saturated rings. The fraction of sp³-hybridized carbons (Fsp3) is 0.250. The van der Waals surface area contributed by atoms with Crippen LogP contribution in [0.4, 0.5) is 4.39 Å². The Hall–Kier alpha value is -1.87. The maximum Gasteiger partial charge on any atom is 0.130 e. The highest BCUT2D eigenvalue weighted by Crippen LogP contribution is 2.40. The zero-order valence-corrected chi connectivity index (χ0v) is 10.8. The summed E-state index contributed by atoms with van der Waals surface area (Å²) < 4.78 is 19.8. The Balaban J connectivity index is 1.99. The summed E-state index contributed by atoms with van der Waals surface area (Å²) in [6.07, 6.45) is 0.280. The van der Waals surface area contributed by atoms with Crippen molar-refractivity contribution in [2.75, 3.05) is 0 Å². The second-order valence-electron chi connectivity index (χ2n) is 5.01. The van der Waals surface area contributed by atoms with Gasteiger partial charge in [-0.2, -0.15) is 0 Å². The number of benzene rings is 2. The standard InChI is InChI=1S/C16H16FNO/c1-10-6-7-13(17)12(8-10)16-9-14(18)11-4-2-3-5-15(11)19-16/h2-8,14,16H,9,18H2,1H3/t14-,16?/m0/s1. The van der Waals surface area contributed by atoms with E-state index in [2.05, 4.69) is 0 Å². The van der Waals surface area contributed by atoms with Crippen LogP contribution in [0.25, 0.3) is 0 Å². The van der Waals surface area contributed by atoms with Gasteiger partial charge < -0.3 is 10.5 Å². The molecule has 1 heterocycles. The predicted octanol–water partition coefficient (Wildman–Crippen LogP) is 3.66. The highest BCUT2D eigenvalue weighted by Gasteiger charge is 2.28. The van der Waals surface area contributed by atoms with Gasteiger partial charge in [-0.3, -0.25) is 0 Å². The van der Waals surface area contributed by atoms with Crippen molar-refractivity contribution < 1.29 is 9.13 Å². The van der Waals surface area contributed by atoms with Gasteiger partial charge in [-0.15, -0.1) is 0 Å². The Morgan fingerprint density at radius 3 is 2.79 bits per heavy atom. The van der Waals surface area contributed by atoms with Gasteiger partial charge in [0, 0.05) is 23.6 Å². The zero-order chi connectivity index (χ0) is 13.4. The molecule has 2 N–H and O–H groups in total. The van der Waals surface area contributed by atoms with Crippen molar-refractivity contribution in [3.63, 3.8) is 0 Å². The summed E-state index contributed by atoms with van der Waals surface area (Å²) >= 11 is 0. The molecule has 0 spiro atoms. The summed E-state index contributed by atoms with van der Waals surface area (Å²) in [6, 6.07) is 12.7. The van der Waals surface area contributed by atoms with Crippen LogP contribution >= 0.6 is 0 Å². The summed E-state index contributed by atoms with van der Waals surface area (Å²) in [4.78, 5) is 0. The van der Waals surface area contributed by atoms with E-state index in [1.54, 1.807) is 6.07 Å². The van der Waals surface area contributed by atoms with Crippen LogP contribution in [0.3, 0.4) is 0 Å². The Morgan fingerprint density at radius 2 is 1.95 bits per heavy atom. The van der Waals surface area contributed by atoms with Crippen molar-refractivity contribution in [2.45, 2.75) is 25.5 Å². The first kappa shape index (κ1) is 12.2. The minimum Gasteiger partial charge on any atom is -0.485 e. The second-order valence-corrected chi connectivity index (χ2v) is 5.01. The predicted molar refractivity (Wildman–Crippen MR) is 72.5 cm³/mol. The van der Waals surface area contributed by atoms with E-state index in [-0.39, 0.29) is 18.0 Å². The van der Waals surface area contributed by atoms with Gasteiger partial charge in [0.25, 0.3) is 0 Å². The van der Waals surface area contributed by atoms with Crippen LogP contribution < -0.4 is 10.5 Å². The van der Waals surface area contributed by atoms with E-state index in [0.29, 0.717) is 12.0 Å². The van der Waals surface area contributed by atoms with Crippen LogP contribution in [0.1, 0.15) is 35.3 Å². The fourth-order valence-electron chi connectivity index (χ4n) is 2.55. The molecule has 0 amide bonds. The van der Waals surface area contributed by atoms with Crippen molar-refractivity contribution in [1.29, 1.82) is 0 Å². The summed E-state index contributed by atoms with van der Waals surface area (Å²) in [6.45, 7) is 1.94. The maximum absolute atomic E-state index is 13.9. The van der Waals surface area contributed by atoms with Gasteiger partial charge in [-0.1, -0.05) is 29.8 Å². The number of hydrogen-bond acceptors (Lipinski definition) is 2. The van der Waals surface area contributed by atoms with Crippen molar-refractivity contribution in [2.24, 2.45) is 5.73 Å². The molecule has 2 aromatic rings. The van der Waals surface area contributed by atoms with E-state index >= 15 is 0 Å². The molecular formula is C16H16FNO. The van der Waals surface area contributed by atoms with Gasteiger partial charge in [-0.25, -0.2) is 4.39 Å². The van der Waals surface area contributed by atoms with E-state index in [4.69, 9.17) is 10.5 Å². The lowest BCUT2D eigenvalue weighted by atomic mass is 9.93. The first-order valence-corrected chi connectivity index (χ1v) is 6.42. The Morgan fingerprint density at radius 1 is 1.16 bits per heavy atom. The molecule has 1 unspecified atom stereocenters. The average Bonchev–Trinajstić information content (AvgIpc) is 2.41. The molecule has 3 rings (SSSR count). The third kappa shape index (κ3) is 2.22. The van der Waals surface area contributed by atoms with Gasteiger partial charge in [0.15, 0.2) is 0 Å². The minimum atomic E-state index is -0.315. The number of fused-ring (bicyclic) bond motifs is 1. The molecule has 2 nitrogen and oxygen atoms in total. The lowest BCUT2D eigenvalue weighted by Gasteiger charge is -2.30. The van der Waals surface area contributed by atoms with Crippen molar-refractivity contribution in [1.82, 2.24) is 0 Å². The molecule has 0 aromatic heterocycles. The van der Waals surface area contributed by atoms with Crippen LogP contribution in [0.2, 0.25) is 0 Å². The molecule has 0 saturated heterocycles. The summed E-state index contributed by atoms with van der Waals surface area (Å²) in [5.74, 6) is 0.523. The molecule has 2 atom stereocenters. The molecule has 0 radical (unpaired) electrons. The van der Waals surface area contributed by atoms with E-state index in [0.717, 1.165) is 16.9 Å². The molecule has 1 aliphatic heterocycles. The average molecular weight is 257 g/mol. The molecular weight excluding hydrogens is 241 g/mol. The number of rotatable bonds is 1.